The first-order valence-electron chi connectivity index (χ1n) is 6.16. The zero-order valence-electron chi connectivity index (χ0n) is 10.5. The minimum absolute atomic E-state index is 0.0352. The molecule has 0 atom stereocenters. The molecule has 6 heteroatoms. The van der Waals surface area contributed by atoms with Crippen molar-refractivity contribution in [3.8, 4) is 0 Å². The standard InChI is InChI=1S/C12H18N4O2/c1-15(8-9-16-6-2-3-7-16)12-13-5-4-10(14-12)11(17)18/h4-5H,2-3,6-9H2,1H3,(H,17,18). The van der Waals surface area contributed by atoms with Crippen molar-refractivity contribution in [3.63, 3.8) is 0 Å². The minimum Gasteiger partial charge on any atom is -0.477 e. The molecule has 1 aliphatic heterocycles. The molecule has 2 heterocycles. The summed E-state index contributed by atoms with van der Waals surface area (Å²) in [6, 6.07) is 1.40. The van der Waals surface area contributed by atoms with Crippen LogP contribution in [0.3, 0.4) is 0 Å². The Bertz CT molecular complexity index is 418. The normalized spacial score (nSPS) is 15.8. The molecule has 0 saturated carbocycles. The second-order valence-electron chi connectivity index (χ2n) is 4.52. The van der Waals surface area contributed by atoms with Crippen LogP contribution in [0.15, 0.2) is 12.3 Å². The summed E-state index contributed by atoms with van der Waals surface area (Å²) < 4.78 is 0. The monoisotopic (exact) mass is 250 g/mol. The largest absolute Gasteiger partial charge is 0.477 e. The first-order valence-corrected chi connectivity index (χ1v) is 6.16. The van der Waals surface area contributed by atoms with Gasteiger partial charge in [-0.2, -0.15) is 0 Å². The zero-order valence-corrected chi connectivity index (χ0v) is 10.5. The Kier molecular flexibility index (Phi) is 4.09. The number of hydrogen-bond acceptors (Lipinski definition) is 5. The number of likely N-dealkylation sites (N-methyl/N-ethyl adjacent to an activating group) is 1. The Morgan fingerprint density at radius 3 is 2.89 bits per heavy atom. The molecule has 6 nitrogen and oxygen atoms in total. The summed E-state index contributed by atoms with van der Waals surface area (Å²) in [7, 11) is 1.89. The average molecular weight is 250 g/mol. The lowest BCUT2D eigenvalue weighted by molar-refractivity contribution is 0.0690. The Labute approximate surface area is 106 Å². The van der Waals surface area contributed by atoms with E-state index in [1.165, 1.54) is 25.1 Å². The lowest BCUT2D eigenvalue weighted by Crippen LogP contribution is -2.32. The van der Waals surface area contributed by atoms with E-state index in [1.807, 2.05) is 11.9 Å². The van der Waals surface area contributed by atoms with Crippen LogP contribution < -0.4 is 4.90 Å². The SMILES string of the molecule is CN(CCN1CCCC1)c1nccc(C(=O)O)n1. The fraction of sp³-hybridized carbons (Fsp3) is 0.583. The van der Waals surface area contributed by atoms with Crippen molar-refractivity contribution in [2.45, 2.75) is 12.8 Å². The van der Waals surface area contributed by atoms with Gasteiger partial charge >= 0.3 is 5.97 Å². The van der Waals surface area contributed by atoms with Crippen molar-refractivity contribution < 1.29 is 9.90 Å². The summed E-state index contributed by atoms with van der Waals surface area (Å²) in [5, 5.41) is 8.88. The summed E-state index contributed by atoms with van der Waals surface area (Å²) in [5.74, 6) is -0.555. The van der Waals surface area contributed by atoms with Gasteiger partial charge in [-0.3, -0.25) is 0 Å². The minimum atomic E-state index is -1.02. The fourth-order valence-electron chi connectivity index (χ4n) is 2.05. The highest BCUT2D eigenvalue weighted by Gasteiger charge is 2.13. The van der Waals surface area contributed by atoms with E-state index in [4.69, 9.17) is 5.11 Å². The van der Waals surface area contributed by atoms with E-state index in [1.54, 1.807) is 0 Å². The summed E-state index contributed by atoms with van der Waals surface area (Å²) in [4.78, 5) is 23.2. The van der Waals surface area contributed by atoms with Gasteiger partial charge in [-0.15, -0.1) is 0 Å². The molecule has 1 aromatic rings. The van der Waals surface area contributed by atoms with Crippen LogP contribution in [0, 0.1) is 0 Å². The molecular formula is C12H18N4O2. The molecule has 1 aliphatic rings. The van der Waals surface area contributed by atoms with Crippen molar-refractivity contribution in [2.24, 2.45) is 0 Å². The van der Waals surface area contributed by atoms with Gasteiger partial charge < -0.3 is 14.9 Å². The third-order valence-electron chi connectivity index (χ3n) is 3.15. The van der Waals surface area contributed by atoms with Crippen LogP contribution in [0.1, 0.15) is 23.3 Å². The predicted molar refractivity (Wildman–Crippen MR) is 67.9 cm³/mol. The van der Waals surface area contributed by atoms with Gasteiger partial charge in [0.25, 0.3) is 0 Å². The third-order valence-corrected chi connectivity index (χ3v) is 3.15. The maximum Gasteiger partial charge on any atom is 0.354 e. The van der Waals surface area contributed by atoms with Crippen LogP contribution in [-0.4, -0.2) is 59.2 Å². The number of aromatic nitrogens is 2. The van der Waals surface area contributed by atoms with E-state index in [-0.39, 0.29) is 5.69 Å². The maximum absolute atomic E-state index is 10.8. The van der Waals surface area contributed by atoms with E-state index in [2.05, 4.69) is 14.9 Å². The second kappa shape index (κ2) is 5.77. The van der Waals surface area contributed by atoms with Crippen LogP contribution in [0.25, 0.3) is 0 Å². The van der Waals surface area contributed by atoms with Crippen molar-refractivity contribution in [2.75, 3.05) is 38.1 Å². The molecule has 0 aromatic carbocycles. The Morgan fingerprint density at radius 1 is 1.50 bits per heavy atom. The van der Waals surface area contributed by atoms with Crippen molar-refractivity contribution in [3.05, 3.63) is 18.0 Å². The number of anilines is 1. The quantitative estimate of drug-likeness (QED) is 0.830. The summed E-state index contributed by atoms with van der Waals surface area (Å²) in [6.07, 6.45) is 4.03. The Morgan fingerprint density at radius 2 is 2.22 bits per heavy atom. The number of nitrogens with zero attached hydrogens (tertiary/aromatic N) is 4. The van der Waals surface area contributed by atoms with Gasteiger partial charge in [0.1, 0.15) is 0 Å². The van der Waals surface area contributed by atoms with Crippen LogP contribution in [0.4, 0.5) is 5.95 Å². The second-order valence-corrected chi connectivity index (χ2v) is 4.52. The highest BCUT2D eigenvalue weighted by atomic mass is 16.4. The van der Waals surface area contributed by atoms with E-state index >= 15 is 0 Å². The molecule has 0 unspecified atom stereocenters. The number of aromatic carboxylic acids is 1. The number of carbonyl (C=O) groups is 1. The van der Waals surface area contributed by atoms with Gasteiger partial charge in [-0.25, -0.2) is 14.8 Å². The Balaban J connectivity index is 1.93. The van der Waals surface area contributed by atoms with E-state index in [9.17, 15) is 4.79 Å². The van der Waals surface area contributed by atoms with Crippen molar-refractivity contribution in [1.29, 1.82) is 0 Å². The lowest BCUT2D eigenvalue weighted by Gasteiger charge is -2.21. The molecule has 1 fully saturated rings. The number of likely N-dealkylation sites (tertiary alicyclic amines) is 1. The summed E-state index contributed by atoms with van der Waals surface area (Å²) in [5.41, 5.74) is 0.0352. The van der Waals surface area contributed by atoms with Crippen LogP contribution in [-0.2, 0) is 0 Å². The van der Waals surface area contributed by atoms with Crippen LogP contribution >= 0.6 is 0 Å². The smallest absolute Gasteiger partial charge is 0.354 e. The first kappa shape index (κ1) is 12.8. The van der Waals surface area contributed by atoms with Crippen molar-refractivity contribution >= 4 is 11.9 Å². The summed E-state index contributed by atoms with van der Waals surface area (Å²) >= 11 is 0. The fourth-order valence-corrected chi connectivity index (χ4v) is 2.05. The van der Waals surface area contributed by atoms with E-state index in [0.717, 1.165) is 26.2 Å². The van der Waals surface area contributed by atoms with Crippen LogP contribution in [0.2, 0.25) is 0 Å². The first-order chi connectivity index (χ1) is 8.66. The lowest BCUT2D eigenvalue weighted by atomic mass is 10.4. The molecule has 98 valence electrons. The molecule has 1 N–H and O–H groups in total. The van der Waals surface area contributed by atoms with E-state index < -0.39 is 5.97 Å². The molecule has 0 spiro atoms. The molecule has 2 rings (SSSR count). The molecule has 18 heavy (non-hydrogen) atoms. The van der Waals surface area contributed by atoms with Gasteiger partial charge in [0.05, 0.1) is 0 Å². The molecular weight excluding hydrogens is 232 g/mol. The average Bonchev–Trinajstić information content (AvgIpc) is 2.89. The molecule has 1 aromatic heterocycles. The Hall–Kier alpha value is -1.69. The highest BCUT2D eigenvalue weighted by molar-refractivity contribution is 5.85. The van der Waals surface area contributed by atoms with E-state index in [0.29, 0.717) is 5.95 Å². The number of carboxylic acid groups (broad SMARTS) is 1. The predicted octanol–water partition coefficient (Wildman–Crippen LogP) is 0.707. The molecule has 0 aliphatic carbocycles. The molecule has 0 radical (unpaired) electrons. The number of rotatable bonds is 5. The maximum atomic E-state index is 10.8. The van der Waals surface area contributed by atoms with Gasteiger partial charge in [-0.05, 0) is 32.0 Å². The third kappa shape index (κ3) is 3.16. The topological polar surface area (TPSA) is 69.6 Å². The van der Waals surface area contributed by atoms with Crippen molar-refractivity contribution in [1.82, 2.24) is 14.9 Å². The molecule has 0 bridgehead atoms. The van der Waals surface area contributed by atoms with Gasteiger partial charge in [0.2, 0.25) is 5.95 Å². The highest BCUT2D eigenvalue weighted by Crippen LogP contribution is 2.09. The van der Waals surface area contributed by atoms with Gasteiger partial charge in [0.15, 0.2) is 5.69 Å². The molecule has 1 saturated heterocycles. The van der Waals surface area contributed by atoms with Crippen LogP contribution in [0.5, 0.6) is 0 Å². The summed E-state index contributed by atoms with van der Waals surface area (Å²) in [6.45, 7) is 4.09. The number of hydrogen-bond donors (Lipinski definition) is 1. The van der Waals surface area contributed by atoms with Gasteiger partial charge in [-0.1, -0.05) is 0 Å². The zero-order chi connectivity index (χ0) is 13.0. The number of carboxylic acids is 1. The molecule has 0 amide bonds. The van der Waals surface area contributed by atoms with Gasteiger partial charge in [0, 0.05) is 26.3 Å².